The van der Waals surface area contributed by atoms with Crippen LogP contribution in [0.5, 0.6) is 0 Å². The second kappa shape index (κ2) is 4.09. The van der Waals surface area contributed by atoms with Crippen molar-refractivity contribution >= 4 is 11.9 Å². The fourth-order valence-electron chi connectivity index (χ4n) is 3.81. The first-order valence-corrected chi connectivity index (χ1v) is 7.15. The molecule has 2 unspecified atom stereocenters. The van der Waals surface area contributed by atoms with Gasteiger partial charge in [0.1, 0.15) is 0 Å². The van der Waals surface area contributed by atoms with Crippen molar-refractivity contribution in [3.05, 3.63) is 53.9 Å². The van der Waals surface area contributed by atoms with Gasteiger partial charge in [-0.2, -0.15) is 0 Å². The maximum atomic E-state index is 4.66. The van der Waals surface area contributed by atoms with Crippen molar-refractivity contribution in [3.63, 3.8) is 0 Å². The maximum absolute atomic E-state index is 4.66. The van der Waals surface area contributed by atoms with Crippen molar-refractivity contribution in [3.8, 4) is 0 Å². The Morgan fingerprint density at radius 1 is 1.21 bits per heavy atom. The Morgan fingerprint density at radius 2 is 2.16 bits per heavy atom. The average Bonchev–Trinajstić information content (AvgIpc) is 3.09. The van der Waals surface area contributed by atoms with Crippen LogP contribution in [-0.4, -0.2) is 11.2 Å². The van der Waals surface area contributed by atoms with E-state index in [1.54, 1.807) is 0 Å². The molecule has 2 nitrogen and oxygen atoms in total. The number of benzene rings is 1. The van der Waals surface area contributed by atoms with E-state index in [0.29, 0.717) is 5.92 Å². The van der Waals surface area contributed by atoms with Crippen molar-refractivity contribution in [1.29, 1.82) is 0 Å². The van der Waals surface area contributed by atoms with Gasteiger partial charge in [0.25, 0.3) is 0 Å². The second-order valence-corrected chi connectivity index (χ2v) is 5.87. The molecule has 1 aromatic carbocycles. The molecule has 2 heteroatoms. The standard InChI is InChI=1S/C17H18N2/c1-2-6-16-15(5-1)17(12-19-16)8-3-4-13(10-17)14-7-9-18-11-14/h1-2,5-7,9,11-13,18H,3-4,8,10H2. The van der Waals surface area contributed by atoms with Crippen molar-refractivity contribution in [2.45, 2.75) is 37.0 Å². The molecule has 1 aromatic heterocycles. The first-order chi connectivity index (χ1) is 9.37. The van der Waals surface area contributed by atoms with Crippen molar-refractivity contribution in [1.82, 2.24) is 4.98 Å². The van der Waals surface area contributed by atoms with Gasteiger partial charge in [-0.25, -0.2) is 0 Å². The van der Waals surface area contributed by atoms with Crippen LogP contribution >= 0.6 is 0 Å². The number of fused-ring (bicyclic) bond motifs is 2. The molecule has 96 valence electrons. The Hall–Kier alpha value is -1.83. The molecule has 1 saturated carbocycles. The summed E-state index contributed by atoms with van der Waals surface area (Å²) in [6.07, 6.45) is 11.4. The number of rotatable bonds is 1. The predicted molar refractivity (Wildman–Crippen MR) is 78.3 cm³/mol. The molecule has 1 spiro atoms. The highest BCUT2D eigenvalue weighted by Gasteiger charge is 2.40. The third-order valence-corrected chi connectivity index (χ3v) is 4.77. The number of aromatic nitrogens is 1. The molecule has 2 aromatic rings. The summed E-state index contributed by atoms with van der Waals surface area (Å²) in [7, 11) is 0. The highest BCUT2D eigenvalue weighted by Crippen LogP contribution is 2.50. The number of H-pyrrole nitrogens is 1. The number of nitrogens with one attached hydrogen (secondary N) is 1. The monoisotopic (exact) mass is 250 g/mol. The zero-order chi connectivity index (χ0) is 12.7. The fourth-order valence-corrected chi connectivity index (χ4v) is 3.81. The number of nitrogens with zero attached hydrogens (tertiary/aromatic N) is 1. The van der Waals surface area contributed by atoms with Crippen LogP contribution in [-0.2, 0) is 5.41 Å². The van der Waals surface area contributed by atoms with E-state index in [1.165, 1.54) is 42.5 Å². The van der Waals surface area contributed by atoms with Crippen LogP contribution < -0.4 is 0 Å². The zero-order valence-corrected chi connectivity index (χ0v) is 11.0. The summed E-state index contributed by atoms with van der Waals surface area (Å²) in [5, 5.41) is 0. The molecule has 0 radical (unpaired) electrons. The Morgan fingerprint density at radius 3 is 3.05 bits per heavy atom. The van der Waals surface area contributed by atoms with Crippen LogP contribution in [0.1, 0.15) is 42.7 Å². The maximum Gasteiger partial charge on any atom is 0.0667 e. The molecular weight excluding hydrogens is 232 g/mol. The minimum atomic E-state index is 0.191. The number of para-hydroxylation sites is 1. The molecule has 1 fully saturated rings. The summed E-state index contributed by atoms with van der Waals surface area (Å²) in [5.74, 6) is 0.664. The van der Waals surface area contributed by atoms with E-state index in [2.05, 4.69) is 52.7 Å². The number of hydrogen-bond acceptors (Lipinski definition) is 1. The van der Waals surface area contributed by atoms with Gasteiger partial charge in [0.05, 0.1) is 5.69 Å². The summed E-state index contributed by atoms with van der Waals surface area (Å²) >= 11 is 0. The molecule has 1 aliphatic heterocycles. The topological polar surface area (TPSA) is 28.1 Å². The SMILES string of the molecule is C1=Nc2ccccc2C12CCCC(c1cc[nH]c1)C2. The first-order valence-electron chi connectivity index (χ1n) is 7.15. The van der Waals surface area contributed by atoms with E-state index >= 15 is 0 Å². The van der Waals surface area contributed by atoms with Gasteiger partial charge >= 0.3 is 0 Å². The lowest BCUT2D eigenvalue weighted by Gasteiger charge is -2.36. The molecule has 2 heterocycles. The molecule has 2 atom stereocenters. The zero-order valence-electron chi connectivity index (χ0n) is 11.0. The van der Waals surface area contributed by atoms with E-state index in [9.17, 15) is 0 Å². The third kappa shape index (κ3) is 1.66. The Balaban J connectivity index is 1.71. The molecule has 4 rings (SSSR count). The van der Waals surface area contributed by atoms with Crippen molar-refractivity contribution in [2.75, 3.05) is 0 Å². The minimum Gasteiger partial charge on any atom is -0.367 e. The van der Waals surface area contributed by atoms with Gasteiger partial charge in [-0.3, -0.25) is 4.99 Å². The third-order valence-electron chi connectivity index (χ3n) is 4.77. The summed E-state index contributed by atoms with van der Waals surface area (Å²) in [5.41, 5.74) is 4.26. The van der Waals surface area contributed by atoms with Crippen molar-refractivity contribution in [2.24, 2.45) is 4.99 Å². The van der Waals surface area contributed by atoms with Crippen molar-refractivity contribution < 1.29 is 0 Å². The lowest BCUT2D eigenvalue weighted by Crippen LogP contribution is -2.31. The van der Waals surface area contributed by atoms with Gasteiger partial charge in [-0.1, -0.05) is 24.6 Å². The summed E-state index contributed by atoms with van der Waals surface area (Å²) in [6.45, 7) is 0. The lowest BCUT2D eigenvalue weighted by molar-refractivity contribution is 0.349. The molecule has 1 N–H and O–H groups in total. The highest BCUT2D eigenvalue weighted by molar-refractivity contribution is 5.85. The average molecular weight is 250 g/mol. The summed E-state index contributed by atoms with van der Waals surface area (Å²) < 4.78 is 0. The van der Waals surface area contributed by atoms with Crippen LogP contribution in [0, 0.1) is 0 Å². The highest BCUT2D eigenvalue weighted by atomic mass is 14.8. The van der Waals surface area contributed by atoms with E-state index in [4.69, 9.17) is 0 Å². The fraction of sp³-hybridized carbons (Fsp3) is 0.353. The van der Waals surface area contributed by atoms with E-state index in [0.717, 1.165) is 0 Å². The van der Waals surface area contributed by atoms with E-state index in [1.807, 2.05) is 6.20 Å². The Labute approximate surface area is 113 Å². The quantitative estimate of drug-likeness (QED) is 0.780. The second-order valence-electron chi connectivity index (χ2n) is 5.87. The molecule has 19 heavy (non-hydrogen) atoms. The van der Waals surface area contributed by atoms with Gasteiger partial charge in [-0.15, -0.1) is 0 Å². The normalized spacial score (nSPS) is 28.7. The van der Waals surface area contributed by atoms with E-state index < -0.39 is 0 Å². The summed E-state index contributed by atoms with van der Waals surface area (Å²) in [4.78, 5) is 7.85. The molecule has 0 amide bonds. The number of aromatic amines is 1. The van der Waals surface area contributed by atoms with Gasteiger partial charge in [0.15, 0.2) is 0 Å². The summed E-state index contributed by atoms with van der Waals surface area (Å²) in [6, 6.07) is 10.9. The molecular formula is C17H18N2. The molecule has 0 bridgehead atoms. The van der Waals surface area contributed by atoms with Gasteiger partial charge in [-0.05, 0) is 48.4 Å². The molecule has 1 aliphatic carbocycles. The first kappa shape index (κ1) is 11.0. The molecule has 0 saturated heterocycles. The smallest absolute Gasteiger partial charge is 0.0667 e. The van der Waals surface area contributed by atoms with Crippen LogP contribution in [0.3, 0.4) is 0 Å². The Kier molecular flexibility index (Phi) is 2.37. The number of aliphatic imine (C=N–C) groups is 1. The van der Waals surface area contributed by atoms with Crippen LogP contribution in [0.25, 0.3) is 0 Å². The molecule has 2 aliphatic rings. The van der Waals surface area contributed by atoms with Gasteiger partial charge < -0.3 is 4.98 Å². The van der Waals surface area contributed by atoms with Crippen LogP contribution in [0.15, 0.2) is 47.7 Å². The lowest BCUT2D eigenvalue weighted by atomic mass is 9.66. The van der Waals surface area contributed by atoms with Gasteiger partial charge in [0, 0.05) is 24.0 Å². The van der Waals surface area contributed by atoms with Crippen LogP contribution in [0.4, 0.5) is 5.69 Å². The predicted octanol–water partition coefficient (Wildman–Crippen LogP) is 4.33. The van der Waals surface area contributed by atoms with E-state index in [-0.39, 0.29) is 5.41 Å². The Bertz CT molecular complexity index is 612. The minimum absolute atomic E-state index is 0.191. The van der Waals surface area contributed by atoms with Gasteiger partial charge in [0.2, 0.25) is 0 Å². The van der Waals surface area contributed by atoms with Crippen LogP contribution in [0.2, 0.25) is 0 Å². The largest absolute Gasteiger partial charge is 0.367 e. The number of hydrogen-bond donors (Lipinski definition) is 1.